The Labute approximate surface area is 185 Å². The Morgan fingerprint density at radius 1 is 1.00 bits per heavy atom. The van der Waals surface area contributed by atoms with Crippen LogP contribution in [0.15, 0.2) is 52.0 Å². The van der Waals surface area contributed by atoms with E-state index in [0.29, 0.717) is 10.0 Å². The lowest BCUT2D eigenvalue weighted by Crippen LogP contribution is -2.54. The summed E-state index contributed by atoms with van der Waals surface area (Å²) in [7, 11) is 2.15. The molecular weight excluding hydrogens is 468 g/mol. The fraction of sp³-hybridized carbons (Fsp3) is 0.217. The van der Waals surface area contributed by atoms with E-state index in [1.165, 1.54) is 18.2 Å². The van der Waals surface area contributed by atoms with Crippen LogP contribution in [0.2, 0.25) is 0 Å². The number of aryl methyl sites for hydroxylation is 1. The SMILES string of the molecule is COC(=O)C1(C(=O)OC)C2=C(C(=O)c3ccccc3C2=O)C(O)c2c(C)cc(Br)cc21. The molecule has 2 aromatic carbocycles. The third-order valence-corrected chi connectivity index (χ3v) is 6.28. The summed E-state index contributed by atoms with van der Waals surface area (Å²) >= 11 is 3.34. The van der Waals surface area contributed by atoms with Gasteiger partial charge in [0.1, 0.15) is 6.10 Å². The Morgan fingerprint density at radius 2 is 1.55 bits per heavy atom. The van der Waals surface area contributed by atoms with Crippen LogP contribution < -0.4 is 0 Å². The zero-order chi connectivity index (χ0) is 22.7. The first-order valence-corrected chi connectivity index (χ1v) is 10.1. The van der Waals surface area contributed by atoms with Gasteiger partial charge in [0.2, 0.25) is 5.41 Å². The Morgan fingerprint density at radius 3 is 2.10 bits per heavy atom. The van der Waals surface area contributed by atoms with Crippen LogP contribution in [0.1, 0.15) is 43.5 Å². The van der Waals surface area contributed by atoms with Gasteiger partial charge < -0.3 is 14.6 Å². The summed E-state index contributed by atoms with van der Waals surface area (Å²) in [5.74, 6) is -3.53. The molecule has 0 spiro atoms. The summed E-state index contributed by atoms with van der Waals surface area (Å²) in [4.78, 5) is 53.6. The van der Waals surface area contributed by atoms with Gasteiger partial charge in [-0.25, -0.2) is 0 Å². The molecule has 31 heavy (non-hydrogen) atoms. The minimum atomic E-state index is -2.37. The second-order valence-corrected chi connectivity index (χ2v) is 8.23. The number of hydrogen-bond acceptors (Lipinski definition) is 7. The number of rotatable bonds is 2. The minimum Gasteiger partial charge on any atom is -0.468 e. The van der Waals surface area contributed by atoms with Crippen molar-refractivity contribution in [2.45, 2.75) is 18.4 Å². The van der Waals surface area contributed by atoms with Crippen molar-refractivity contribution in [3.05, 3.63) is 79.8 Å². The highest BCUT2D eigenvalue weighted by atomic mass is 79.9. The number of aliphatic hydroxyl groups excluding tert-OH is 1. The van der Waals surface area contributed by atoms with Crippen LogP contribution in [0.5, 0.6) is 0 Å². The lowest BCUT2D eigenvalue weighted by molar-refractivity contribution is -0.159. The van der Waals surface area contributed by atoms with Gasteiger partial charge in [0.15, 0.2) is 11.6 Å². The number of esters is 2. The van der Waals surface area contributed by atoms with Crippen molar-refractivity contribution < 1.29 is 33.8 Å². The van der Waals surface area contributed by atoms with E-state index < -0.39 is 40.6 Å². The number of ether oxygens (including phenoxy) is 2. The van der Waals surface area contributed by atoms with E-state index in [0.717, 1.165) is 14.2 Å². The van der Waals surface area contributed by atoms with Crippen LogP contribution in [0.25, 0.3) is 0 Å². The van der Waals surface area contributed by atoms with Crippen LogP contribution in [0, 0.1) is 6.92 Å². The molecule has 0 saturated heterocycles. The summed E-state index contributed by atoms with van der Waals surface area (Å²) in [5.41, 5.74) is -2.28. The van der Waals surface area contributed by atoms with E-state index in [4.69, 9.17) is 9.47 Å². The van der Waals surface area contributed by atoms with Crippen molar-refractivity contribution in [3.63, 3.8) is 0 Å². The van der Waals surface area contributed by atoms with E-state index >= 15 is 0 Å². The van der Waals surface area contributed by atoms with Crippen molar-refractivity contribution >= 4 is 39.4 Å². The van der Waals surface area contributed by atoms with E-state index in [-0.39, 0.29) is 27.8 Å². The number of fused-ring (bicyclic) bond motifs is 2. The molecular formula is C23H17BrO7. The molecule has 8 heteroatoms. The van der Waals surface area contributed by atoms with Gasteiger partial charge in [-0.2, -0.15) is 0 Å². The zero-order valence-electron chi connectivity index (χ0n) is 16.8. The summed E-state index contributed by atoms with van der Waals surface area (Å²) < 4.78 is 10.5. The van der Waals surface area contributed by atoms with Gasteiger partial charge in [-0.3, -0.25) is 19.2 Å². The smallest absolute Gasteiger partial charge is 0.332 e. The highest BCUT2D eigenvalue weighted by Crippen LogP contribution is 2.52. The second kappa shape index (κ2) is 7.25. The molecule has 0 radical (unpaired) electrons. The molecule has 0 amide bonds. The summed E-state index contributed by atoms with van der Waals surface area (Å²) in [6.45, 7) is 1.67. The van der Waals surface area contributed by atoms with E-state index in [1.54, 1.807) is 25.1 Å². The maximum absolute atomic E-state index is 13.6. The first-order valence-electron chi connectivity index (χ1n) is 9.30. The Bertz CT molecular complexity index is 1210. The number of halogens is 1. The number of aliphatic hydroxyl groups is 1. The number of carbonyl (C=O) groups excluding carboxylic acids is 4. The first kappa shape index (κ1) is 21.1. The lowest BCUT2D eigenvalue weighted by atomic mass is 9.60. The highest BCUT2D eigenvalue weighted by Gasteiger charge is 2.63. The van der Waals surface area contributed by atoms with Gasteiger partial charge in [0.05, 0.1) is 14.2 Å². The van der Waals surface area contributed by atoms with Gasteiger partial charge >= 0.3 is 11.9 Å². The molecule has 0 aromatic heterocycles. The van der Waals surface area contributed by atoms with Crippen molar-refractivity contribution in [2.75, 3.05) is 14.2 Å². The van der Waals surface area contributed by atoms with Gasteiger partial charge in [-0.15, -0.1) is 0 Å². The molecule has 1 unspecified atom stereocenters. The first-order chi connectivity index (χ1) is 14.7. The summed E-state index contributed by atoms with van der Waals surface area (Å²) in [6, 6.07) is 9.20. The largest absolute Gasteiger partial charge is 0.468 e. The minimum absolute atomic E-state index is 0.0323. The maximum Gasteiger partial charge on any atom is 0.332 e. The molecule has 0 bridgehead atoms. The number of carbonyl (C=O) groups is 4. The molecule has 1 atom stereocenters. The number of ketones is 2. The quantitative estimate of drug-likeness (QED) is 0.515. The monoisotopic (exact) mass is 484 g/mol. The topological polar surface area (TPSA) is 107 Å². The van der Waals surface area contributed by atoms with Crippen LogP contribution in [-0.2, 0) is 24.5 Å². The predicted octanol–water partition coefficient (Wildman–Crippen LogP) is 2.76. The van der Waals surface area contributed by atoms with Gasteiger partial charge in [-0.1, -0.05) is 40.2 Å². The molecule has 2 aliphatic carbocycles. The molecule has 0 fully saturated rings. The molecule has 4 rings (SSSR count). The molecule has 0 heterocycles. The third kappa shape index (κ3) is 2.61. The average molecular weight is 485 g/mol. The summed E-state index contributed by atoms with van der Waals surface area (Å²) in [6.07, 6.45) is -1.52. The van der Waals surface area contributed by atoms with Gasteiger partial charge in [0, 0.05) is 26.7 Å². The Kier molecular flexibility index (Phi) is 4.94. The van der Waals surface area contributed by atoms with Crippen LogP contribution >= 0.6 is 15.9 Å². The maximum atomic E-state index is 13.6. The van der Waals surface area contributed by atoms with Crippen molar-refractivity contribution in [1.82, 2.24) is 0 Å². The molecule has 0 saturated carbocycles. The van der Waals surface area contributed by atoms with E-state index in [9.17, 15) is 24.3 Å². The molecule has 1 N–H and O–H groups in total. The molecule has 2 aromatic rings. The predicted molar refractivity (Wildman–Crippen MR) is 112 cm³/mol. The zero-order valence-corrected chi connectivity index (χ0v) is 18.4. The number of hydrogen-bond donors (Lipinski definition) is 1. The molecule has 7 nitrogen and oxygen atoms in total. The standard InChI is InChI=1S/C23H17BrO7/c1-10-8-11(24)9-14-15(10)20(27)16-17(23(14,21(28)30-2)22(29)31-3)19(26)13-7-5-4-6-12(13)18(16)25/h4-9,20,27H,1-3H3. The van der Waals surface area contributed by atoms with Crippen molar-refractivity contribution in [2.24, 2.45) is 0 Å². The number of methoxy groups -OCH3 is 2. The molecule has 158 valence electrons. The molecule has 2 aliphatic rings. The normalized spacial score (nSPS) is 18.7. The average Bonchev–Trinajstić information content (AvgIpc) is 2.76. The Balaban J connectivity index is 2.23. The fourth-order valence-electron chi connectivity index (χ4n) is 4.55. The van der Waals surface area contributed by atoms with Gasteiger partial charge in [0.25, 0.3) is 0 Å². The van der Waals surface area contributed by atoms with Gasteiger partial charge in [-0.05, 0) is 35.7 Å². The van der Waals surface area contributed by atoms with Crippen LogP contribution in [-0.4, -0.2) is 42.8 Å². The van der Waals surface area contributed by atoms with E-state index in [2.05, 4.69) is 15.9 Å². The number of Topliss-reactive ketones (excluding diaryl/α,β-unsaturated/α-hetero) is 2. The van der Waals surface area contributed by atoms with Crippen LogP contribution in [0.4, 0.5) is 0 Å². The highest BCUT2D eigenvalue weighted by molar-refractivity contribution is 9.10. The lowest BCUT2D eigenvalue weighted by Gasteiger charge is -2.41. The summed E-state index contributed by atoms with van der Waals surface area (Å²) in [5, 5.41) is 11.2. The van der Waals surface area contributed by atoms with Crippen molar-refractivity contribution in [1.29, 1.82) is 0 Å². The van der Waals surface area contributed by atoms with E-state index in [1.807, 2.05) is 0 Å². The van der Waals surface area contributed by atoms with Crippen LogP contribution in [0.3, 0.4) is 0 Å². The number of benzene rings is 2. The van der Waals surface area contributed by atoms with Crippen molar-refractivity contribution in [3.8, 4) is 0 Å². The third-order valence-electron chi connectivity index (χ3n) is 5.82. The fourth-order valence-corrected chi connectivity index (χ4v) is 5.12. The Hall–Kier alpha value is -3.10. The molecule has 0 aliphatic heterocycles. The second-order valence-electron chi connectivity index (χ2n) is 7.31.